The van der Waals surface area contributed by atoms with Crippen molar-refractivity contribution in [3.05, 3.63) is 64.7 Å². The predicted molar refractivity (Wildman–Crippen MR) is 70.0 cm³/mol. The number of benzene rings is 2. The Morgan fingerprint density at radius 1 is 1.06 bits per heavy atom. The molecule has 0 unspecified atom stereocenters. The van der Waals surface area contributed by atoms with Crippen molar-refractivity contribution in [3.8, 4) is 0 Å². The van der Waals surface area contributed by atoms with Gasteiger partial charge in [-0.3, -0.25) is 0 Å². The molecule has 4 heteroatoms. The third-order valence-corrected chi connectivity index (χ3v) is 4.31. The smallest absolute Gasteiger partial charge is 0.163 e. The average molecular weight is 258 g/mol. The van der Waals surface area contributed by atoms with Crippen molar-refractivity contribution in [1.29, 1.82) is 0 Å². The normalized spacial score (nSPS) is 17.8. The van der Waals surface area contributed by atoms with E-state index < -0.39 is 17.5 Å². The topological polar surface area (TPSA) is 0 Å². The van der Waals surface area contributed by atoms with E-state index in [4.69, 9.17) is 7.85 Å². The van der Waals surface area contributed by atoms with Crippen molar-refractivity contribution in [2.24, 2.45) is 0 Å². The largest absolute Gasteiger partial charge is 0.204 e. The van der Waals surface area contributed by atoms with Crippen LogP contribution in [0.5, 0.6) is 0 Å². The molecule has 0 saturated heterocycles. The van der Waals surface area contributed by atoms with Crippen LogP contribution < -0.4 is 0 Å². The fraction of sp³-hybridized carbons (Fsp3) is 0.143. The summed E-state index contributed by atoms with van der Waals surface area (Å²) in [5.41, 5.74) is 2.02. The van der Waals surface area contributed by atoms with Crippen molar-refractivity contribution in [2.45, 2.75) is 16.5 Å². The van der Waals surface area contributed by atoms with Gasteiger partial charge < -0.3 is 0 Å². The Hall–Kier alpha value is -1.29. The third-order valence-electron chi connectivity index (χ3n) is 3.19. The second kappa shape index (κ2) is 4.43. The number of rotatable bonds is 0. The highest BCUT2D eigenvalue weighted by Crippen LogP contribution is 2.40. The van der Waals surface area contributed by atoms with Crippen LogP contribution in [-0.4, -0.2) is 7.85 Å². The Bertz CT molecular complexity index is 613. The summed E-state index contributed by atoms with van der Waals surface area (Å²) in [6.45, 7) is 0. The predicted octanol–water partition coefficient (Wildman–Crippen LogP) is 3.83. The lowest BCUT2D eigenvalue weighted by atomic mass is 9.74. The molecule has 1 atom stereocenters. The summed E-state index contributed by atoms with van der Waals surface area (Å²) in [6, 6.07) is 10.5. The first-order chi connectivity index (χ1) is 8.68. The maximum Gasteiger partial charge on any atom is 0.163 e. The van der Waals surface area contributed by atoms with Gasteiger partial charge in [-0.1, -0.05) is 24.3 Å². The fourth-order valence-corrected chi connectivity index (χ4v) is 3.36. The summed E-state index contributed by atoms with van der Waals surface area (Å²) in [5.74, 6) is -1.58. The standard InChI is InChI=1S/C14H9BF2S/c15-13-8-5-6-11(16)14(17)10(8)7-18-12-4-2-1-3-9(12)13/h1-6,13H,7H2/t13-/m1/s1. The first-order valence-corrected chi connectivity index (χ1v) is 6.61. The fourth-order valence-electron chi connectivity index (χ4n) is 2.23. The molecule has 0 aromatic heterocycles. The zero-order chi connectivity index (χ0) is 12.7. The highest BCUT2D eigenvalue weighted by Gasteiger charge is 2.23. The van der Waals surface area contributed by atoms with E-state index in [0.717, 1.165) is 16.5 Å². The molecule has 2 aromatic carbocycles. The van der Waals surface area contributed by atoms with E-state index in [1.54, 1.807) is 6.07 Å². The third kappa shape index (κ3) is 1.75. The highest BCUT2D eigenvalue weighted by atomic mass is 32.2. The van der Waals surface area contributed by atoms with Crippen LogP contribution in [0.4, 0.5) is 8.78 Å². The molecule has 88 valence electrons. The molecular weight excluding hydrogens is 249 g/mol. The van der Waals surface area contributed by atoms with Gasteiger partial charge in [0.15, 0.2) is 11.6 Å². The van der Waals surface area contributed by atoms with E-state index in [0.29, 0.717) is 16.9 Å². The molecule has 0 N–H and O–H groups in total. The van der Waals surface area contributed by atoms with Crippen LogP contribution in [0.15, 0.2) is 41.3 Å². The summed E-state index contributed by atoms with van der Waals surface area (Å²) in [4.78, 5) is 1.03. The van der Waals surface area contributed by atoms with Gasteiger partial charge in [0.1, 0.15) is 0 Å². The summed E-state index contributed by atoms with van der Waals surface area (Å²) >= 11 is 1.49. The van der Waals surface area contributed by atoms with Gasteiger partial charge in [0.05, 0.1) is 7.85 Å². The Balaban J connectivity index is 2.21. The van der Waals surface area contributed by atoms with Gasteiger partial charge >= 0.3 is 0 Å². The Morgan fingerprint density at radius 2 is 1.83 bits per heavy atom. The SMILES string of the molecule is [B][C@H]1c2ccccc2SCc2c1ccc(F)c2F. The Morgan fingerprint density at radius 3 is 2.67 bits per heavy atom. The molecule has 1 aliphatic rings. The second-order valence-corrected chi connectivity index (χ2v) is 5.25. The van der Waals surface area contributed by atoms with Crippen LogP contribution >= 0.6 is 11.8 Å². The number of halogens is 2. The molecule has 3 rings (SSSR count). The molecule has 1 aliphatic heterocycles. The number of fused-ring (bicyclic) bond motifs is 2. The van der Waals surface area contributed by atoms with Gasteiger partial charge in [-0.2, -0.15) is 0 Å². The number of thioether (sulfide) groups is 1. The van der Waals surface area contributed by atoms with Crippen LogP contribution in [0.25, 0.3) is 0 Å². The maximum atomic E-state index is 13.8. The number of hydrogen-bond donors (Lipinski definition) is 0. The first-order valence-electron chi connectivity index (χ1n) is 5.62. The monoisotopic (exact) mass is 258 g/mol. The van der Waals surface area contributed by atoms with Gasteiger partial charge in [0.2, 0.25) is 0 Å². The average Bonchev–Trinajstić information content (AvgIpc) is 2.53. The lowest BCUT2D eigenvalue weighted by Gasteiger charge is -2.15. The molecule has 18 heavy (non-hydrogen) atoms. The van der Waals surface area contributed by atoms with Crippen LogP contribution in [0, 0.1) is 11.6 Å². The molecule has 0 spiro atoms. The summed E-state index contributed by atoms with van der Waals surface area (Å²) < 4.78 is 27.1. The van der Waals surface area contributed by atoms with Crippen LogP contribution in [0.2, 0.25) is 0 Å². The van der Waals surface area contributed by atoms with E-state index in [2.05, 4.69) is 0 Å². The zero-order valence-electron chi connectivity index (χ0n) is 9.49. The lowest BCUT2D eigenvalue weighted by Crippen LogP contribution is -2.05. The first kappa shape index (κ1) is 11.8. The minimum atomic E-state index is -0.812. The minimum absolute atomic E-state index is 0.378. The Kier molecular flexibility index (Phi) is 2.90. The van der Waals surface area contributed by atoms with E-state index in [-0.39, 0.29) is 0 Å². The zero-order valence-corrected chi connectivity index (χ0v) is 10.3. The molecule has 0 saturated carbocycles. The van der Waals surface area contributed by atoms with Crippen molar-refractivity contribution in [3.63, 3.8) is 0 Å². The molecule has 2 aromatic rings. The quantitative estimate of drug-likeness (QED) is 0.647. The number of hydrogen-bond acceptors (Lipinski definition) is 1. The van der Waals surface area contributed by atoms with Crippen LogP contribution in [-0.2, 0) is 5.75 Å². The van der Waals surface area contributed by atoms with E-state index in [1.165, 1.54) is 11.8 Å². The van der Waals surface area contributed by atoms with E-state index in [9.17, 15) is 8.78 Å². The molecule has 2 radical (unpaired) electrons. The molecular formula is C14H9BF2S. The van der Waals surface area contributed by atoms with Gasteiger partial charge in [-0.25, -0.2) is 8.78 Å². The maximum absolute atomic E-state index is 13.8. The molecule has 0 aliphatic carbocycles. The van der Waals surface area contributed by atoms with Crippen molar-refractivity contribution < 1.29 is 8.78 Å². The van der Waals surface area contributed by atoms with Gasteiger partial charge in [-0.15, -0.1) is 11.8 Å². The molecule has 0 nitrogen and oxygen atoms in total. The Labute approximate surface area is 110 Å². The molecule has 0 fully saturated rings. The summed E-state index contributed by atoms with van der Waals surface area (Å²) in [5, 5.41) is 0. The minimum Gasteiger partial charge on any atom is -0.204 e. The van der Waals surface area contributed by atoms with Gasteiger partial charge in [0.25, 0.3) is 0 Å². The van der Waals surface area contributed by atoms with Crippen LogP contribution in [0.3, 0.4) is 0 Å². The summed E-state index contributed by atoms with van der Waals surface area (Å²) in [7, 11) is 6.17. The summed E-state index contributed by atoms with van der Waals surface area (Å²) in [6.07, 6.45) is 0. The van der Waals surface area contributed by atoms with Crippen molar-refractivity contribution in [2.75, 3.05) is 0 Å². The van der Waals surface area contributed by atoms with Gasteiger partial charge in [-0.05, 0) is 29.1 Å². The van der Waals surface area contributed by atoms with Crippen LogP contribution in [0.1, 0.15) is 22.5 Å². The van der Waals surface area contributed by atoms with E-state index >= 15 is 0 Å². The van der Waals surface area contributed by atoms with Gasteiger partial charge in [0, 0.05) is 16.2 Å². The molecule has 1 heterocycles. The van der Waals surface area contributed by atoms with Crippen molar-refractivity contribution >= 4 is 19.6 Å². The van der Waals surface area contributed by atoms with E-state index in [1.807, 2.05) is 24.3 Å². The lowest BCUT2D eigenvalue weighted by molar-refractivity contribution is 0.501. The van der Waals surface area contributed by atoms with Crippen molar-refractivity contribution in [1.82, 2.24) is 0 Å². The molecule has 0 bridgehead atoms. The highest BCUT2D eigenvalue weighted by molar-refractivity contribution is 7.98. The molecule has 0 amide bonds. The second-order valence-electron chi connectivity index (χ2n) is 4.23.